The van der Waals surface area contributed by atoms with E-state index in [1.54, 1.807) is 0 Å². The summed E-state index contributed by atoms with van der Waals surface area (Å²) in [6.07, 6.45) is 7.97. The second-order valence-electron chi connectivity index (χ2n) is 3.66. The van der Waals surface area contributed by atoms with Crippen molar-refractivity contribution in [3.05, 3.63) is 35.9 Å². The maximum Gasteiger partial charge on any atom is 0.168 e. The molecule has 2 nitrogen and oxygen atoms in total. The van der Waals surface area contributed by atoms with Crippen LogP contribution in [-0.2, 0) is 0 Å². The van der Waals surface area contributed by atoms with Gasteiger partial charge in [-0.2, -0.15) is 0 Å². The van der Waals surface area contributed by atoms with Gasteiger partial charge in [-0.3, -0.25) is 0 Å². The van der Waals surface area contributed by atoms with E-state index in [4.69, 9.17) is 18.0 Å². The average Bonchev–Trinajstić information content (AvgIpc) is 2.26. The quantitative estimate of drug-likeness (QED) is 0.604. The van der Waals surface area contributed by atoms with Gasteiger partial charge in [0.2, 0.25) is 0 Å². The van der Waals surface area contributed by atoms with E-state index in [-0.39, 0.29) is 0 Å². The minimum atomic E-state index is 0.297. The first-order valence-corrected chi connectivity index (χ1v) is 5.96. The Morgan fingerprint density at radius 2 is 2.06 bits per heavy atom. The number of hydrogen-bond acceptors (Lipinski definition) is 1. The predicted molar refractivity (Wildman–Crippen MR) is 75.4 cm³/mol. The van der Waals surface area contributed by atoms with Gasteiger partial charge in [-0.15, -0.1) is 0 Å². The molecule has 0 bridgehead atoms. The van der Waals surface area contributed by atoms with Crippen LogP contribution in [0.1, 0.15) is 31.7 Å². The maximum atomic E-state index is 5.38. The van der Waals surface area contributed by atoms with E-state index in [1.165, 1.54) is 18.4 Å². The van der Waals surface area contributed by atoms with Crippen molar-refractivity contribution >= 4 is 29.1 Å². The van der Waals surface area contributed by atoms with Gasteiger partial charge in [-0.25, -0.2) is 0 Å². The molecule has 86 valence electrons. The van der Waals surface area contributed by atoms with Crippen molar-refractivity contribution < 1.29 is 0 Å². The summed E-state index contributed by atoms with van der Waals surface area (Å²) < 4.78 is 0. The Labute approximate surface area is 103 Å². The summed E-state index contributed by atoms with van der Waals surface area (Å²) in [6, 6.07) is 8.03. The van der Waals surface area contributed by atoms with E-state index in [2.05, 4.69) is 24.4 Å². The van der Waals surface area contributed by atoms with Gasteiger partial charge in [0.05, 0.1) is 0 Å². The molecule has 0 aromatic heterocycles. The Morgan fingerprint density at radius 1 is 1.38 bits per heavy atom. The van der Waals surface area contributed by atoms with E-state index >= 15 is 0 Å². The van der Waals surface area contributed by atoms with Gasteiger partial charge < -0.3 is 11.1 Å². The van der Waals surface area contributed by atoms with Gasteiger partial charge in [-0.1, -0.05) is 44.1 Å². The highest BCUT2D eigenvalue weighted by atomic mass is 32.1. The summed E-state index contributed by atoms with van der Waals surface area (Å²) >= 11 is 4.76. The summed E-state index contributed by atoms with van der Waals surface area (Å²) in [5.74, 6) is 0. The Balaban J connectivity index is 2.50. The number of allylic oxidation sites excluding steroid dienone is 1. The van der Waals surface area contributed by atoms with Crippen LogP contribution >= 0.6 is 12.2 Å². The molecule has 1 aromatic carbocycles. The molecule has 0 aliphatic carbocycles. The normalized spacial score (nSPS) is 10.6. The number of nitrogens with two attached hydrogens (primary N) is 1. The van der Waals surface area contributed by atoms with E-state index in [0.717, 1.165) is 12.1 Å². The highest BCUT2D eigenvalue weighted by Crippen LogP contribution is 2.11. The van der Waals surface area contributed by atoms with Gasteiger partial charge in [-0.05, 0) is 36.3 Å². The van der Waals surface area contributed by atoms with E-state index in [1.807, 2.05) is 24.3 Å². The van der Waals surface area contributed by atoms with Crippen molar-refractivity contribution in [1.82, 2.24) is 0 Å². The van der Waals surface area contributed by atoms with E-state index in [9.17, 15) is 0 Å². The van der Waals surface area contributed by atoms with Crippen molar-refractivity contribution in [2.45, 2.75) is 26.2 Å². The maximum absolute atomic E-state index is 5.38. The van der Waals surface area contributed by atoms with Crippen LogP contribution in [0.3, 0.4) is 0 Å². The van der Waals surface area contributed by atoms with Crippen LogP contribution in [0.25, 0.3) is 6.08 Å². The number of rotatable bonds is 5. The fourth-order valence-electron chi connectivity index (χ4n) is 1.36. The zero-order chi connectivity index (χ0) is 11.8. The van der Waals surface area contributed by atoms with Crippen LogP contribution in [0.5, 0.6) is 0 Å². The summed E-state index contributed by atoms with van der Waals surface area (Å²) in [7, 11) is 0. The van der Waals surface area contributed by atoms with Gasteiger partial charge in [0.1, 0.15) is 0 Å². The SMILES string of the molecule is CCCC/C=C/c1ccc(NC(N)=S)cc1. The summed E-state index contributed by atoms with van der Waals surface area (Å²) in [4.78, 5) is 0. The van der Waals surface area contributed by atoms with Crippen LogP contribution in [0.4, 0.5) is 5.69 Å². The Morgan fingerprint density at radius 3 is 2.62 bits per heavy atom. The van der Waals surface area contributed by atoms with Crippen LogP contribution in [0.15, 0.2) is 30.3 Å². The summed E-state index contributed by atoms with van der Waals surface area (Å²) in [6.45, 7) is 2.20. The molecule has 0 heterocycles. The number of thiocarbonyl (C=S) groups is 1. The average molecular weight is 234 g/mol. The Hall–Kier alpha value is -1.35. The van der Waals surface area contributed by atoms with Crippen molar-refractivity contribution in [3.63, 3.8) is 0 Å². The number of benzene rings is 1. The van der Waals surface area contributed by atoms with E-state index < -0.39 is 0 Å². The predicted octanol–water partition coefficient (Wildman–Crippen LogP) is 3.55. The minimum Gasteiger partial charge on any atom is -0.376 e. The molecule has 0 unspecified atom stereocenters. The topological polar surface area (TPSA) is 38.0 Å². The van der Waals surface area contributed by atoms with Crippen molar-refractivity contribution in [3.8, 4) is 0 Å². The molecule has 0 saturated heterocycles. The van der Waals surface area contributed by atoms with Crippen LogP contribution in [0, 0.1) is 0 Å². The Bertz CT molecular complexity index is 355. The molecule has 0 saturated carbocycles. The van der Waals surface area contributed by atoms with Gasteiger partial charge >= 0.3 is 0 Å². The first kappa shape index (κ1) is 12.7. The van der Waals surface area contributed by atoms with E-state index in [0.29, 0.717) is 5.11 Å². The van der Waals surface area contributed by atoms with Gasteiger partial charge in [0.25, 0.3) is 0 Å². The van der Waals surface area contributed by atoms with Gasteiger partial charge in [0, 0.05) is 5.69 Å². The third-order valence-electron chi connectivity index (χ3n) is 2.21. The zero-order valence-corrected chi connectivity index (χ0v) is 10.4. The molecule has 3 heteroatoms. The second-order valence-corrected chi connectivity index (χ2v) is 4.10. The van der Waals surface area contributed by atoms with Crippen LogP contribution in [0.2, 0.25) is 0 Å². The van der Waals surface area contributed by atoms with Crippen LogP contribution in [-0.4, -0.2) is 5.11 Å². The first-order chi connectivity index (χ1) is 7.72. The van der Waals surface area contributed by atoms with Crippen molar-refractivity contribution in [1.29, 1.82) is 0 Å². The lowest BCUT2D eigenvalue weighted by Gasteiger charge is -2.03. The lowest BCUT2D eigenvalue weighted by molar-refractivity contribution is 0.816. The monoisotopic (exact) mass is 234 g/mol. The molecule has 3 N–H and O–H groups in total. The largest absolute Gasteiger partial charge is 0.376 e. The molecular formula is C13H18N2S. The fourth-order valence-corrected chi connectivity index (χ4v) is 1.48. The molecule has 0 amide bonds. The Kier molecular flexibility index (Phi) is 5.57. The molecule has 0 aliphatic heterocycles. The van der Waals surface area contributed by atoms with Crippen molar-refractivity contribution in [2.75, 3.05) is 5.32 Å². The molecule has 1 aromatic rings. The molecule has 0 fully saturated rings. The number of anilines is 1. The van der Waals surface area contributed by atoms with Crippen LogP contribution < -0.4 is 11.1 Å². The highest BCUT2D eigenvalue weighted by Gasteiger charge is 1.92. The van der Waals surface area contributed by atoms with Crippen molar-refractivity contribution in [2.24, 2.45) is 5.73 Å². The molecule has 1 rings (SSSR count). The third-order valence-corrected chi connectivity index (χ3v) is 2.31. The second kappa shape index (κ2) is 7.01. The molecular weight excluding hydrogens is 216 g/mol. The summed E-state index contributed by atoms with van der Waals surface area (Å²) in [5, 5.41) is 3.19. The first-order valence-electron chi connectivity index (χ1n) is 5.55. The fraction of sp³-hybridized carbons (Fsp3) is 0.308. The highest BCUT2D eigenvalue weighted by molar-refractivity contribution is 7.80. The summed E-state index contributed by atoms with van der Waals surface area (Å²) in [5.41, 5.74) is 7.51. The molecule has 0 spiro atoms. The lowest BCUT2D eigenvalue weighted by atomic mass is 10.1. The minimum absolute atomic E-state index is 0.297. The lowest BCUT2D eigenvalue weighted by Crippen LogP contribution is -2.18. The smallest absolute Gasteiger partial charge is 0.168 e. The number of unbranched alkanes of at least 4 members (excludes halogenated alkanes) is 2. The standard InChI is InChI=1S/C13H18N2S/c1-2-3-4-5-6-11-7-9-12(10-8-11)15-13(14)16/h5-10H,2-4H2,1H3,(H3,14,15,16)/b6-5+. The molecule has 16 heavy (non-hydrogen) atoms. The number of nitrogens with one attached hydrogen (secondary N) is 1. The molecule has 0 radical (unpaired) electrons. The zero-order valence-electron chi connectivity index (χ0n) is 9.57. The third kappa shape index (κ3) is 4.94. The van der Waals surface area contributed by atoms with Gasteiger partial charge in [0.15, 0.2) is 5.11 Å². The number of hydrogen-bond donors (Lipinski definition) is 2. The molecule has 0 atom stereocenters. The molecule has 0 aliphatic rings.